The third kappa shape index (κ3) is 1.78. The van der Waals surface area contributed by atoms with Gasteiger partial charge in [-0.25, -0.2) is 0 Å². The lowest BCUT2D eigenvalue weighted by atomic mass is 10.4. The van der Waals surface area contributed by atoms with E-state index in [-0.39, 0.29) is 0 Å². The van der Waals surface area contributed by atoms with Crippen LogP contribution in [0.3, 0.4) is 0 Å². The first kappa shape index (κ1) is 8.64. The maximum Gasteiger partial charge on any atom is 0.161 e. The topological polar surface area (TPSA) is 47.2 Å². The summed E-state index contributed by atoms with van der Waals surface area (Å²) in [6.07, 6.45) is 1.63. The molecule has 1 N–H and O–H groups in total. The van der Waals surface area contributed by atoms with Gasteiger partial charge in [0.1, 0.15) is 12.4 Å². The van der Waals surface area contributed by atoms with Crippen molar-refractivity contribution in [1.82, 2.24) is 4.73 Å². The van der Waals surface area contributed by atoms with Gasteiger partial charge in [0.15, 0.2) is 5.49 Å². The number of aromatic nitrogens is 1. The molecule has 0 aromatic carbocycles. The van der Waals surface area contributed by atoms with E-state index in [1.54, 1.807) is 25.4 Å². The lowest BCUT2D eigenvalue weighted by molar-refractivity contribution is 0.108. The predicted octanol–water partition coefficient (Wildman–Crippen LogP) is 0.425. The highest BCUT2D eigenvalue weighted by Gasteiger charge is 1.94. The molecule has 0 saturated heterocycles. The van der Waals surface area contributed by atoms with Crippen molar-refractivity contribution in [3.05, 3.63) is 23.8 Å². The van der Waals surface area contributed by atoms with E-state index in [0.29, 0.717) is 17.8 Å². The first-order valence-electron chi connectivity index (χ1n) is 3.72. The zero-order chi connectivity index (χ0) is 8.97. The molecule has 0 aliphatic heterocycles. The standard InChI is InChI=1S/C8H12N2O2/c1-3-12-10-6-7(11-2)4-5-8(10)9/h4-6,9H,3H2,1-2H3. The van der Waals surface area contributed by atoms with Crippen molar-refractivity contribution in [1.29, 1.82) is 5.41 Å². The van der Waals surface area contributed by atoms with E-state index >= 15 is 0 Å². The molecule has 4 nitrogen and oxygen atoms in total. The summed E-state index contributed by atoms with van der Waals surface area (Å²) < 4.78 is 6.35. The van der Waals surface area contributed by atoms with Crippen LogP contribution in [0.1, 0.15) is 6.92 Å². The van der Waals surface area contributed by atoms with Gasteiger partial charge in [0.25, 0.3) is 0 Å². The Morgan fingerprint density at radius 1 is 1.50 bits per heavy atom. The first-order chi connectivity index (χ1) is 5.77. The zero-order valence-electron chi connectivity index (χ0n) is 7.20. The van der Waals surface area contributed by atoms with E-state index in [1.807, 2.05) is 6.92 Å². The largest absolute Gasteiger partial charge is 0.495 e. The van der Waals surface area contributed by atoms with Crippen molar-refractivity contribution in [3.63, 3.8) is 0 Å². The van der Waals surface area contributed by atoms with Crippen LogP contribution < -0.4 is 15.1 Å². The molecule has 0 bridgehead atoms. The van der Waals surface area contributed by atoms with Gasteiger partial charge in [0, 0.05) is 0 Å². The minimum atomic E-state index is 0.303. The van der Waals surface area contributed by atoms with Gasteiger partial charge >= 0.3 is 0 Å². The molecule has 0 atom stereocenters. The van der Waals surface area contributed by atoms with Crippen LogP contribution in [0.4, 0.5) is 0 Å². The fourth-order valence-corrected chi connectivity index (χ4v) is 0.829. The van der Waals surface area contributed by atoms with Crippen LogP contribution in [0.25, 0.3) is 0 Å². The molecule has 0 aliphatic rings. The van der Waals surface area contributed by atoms with Gasteiger partial charge in [0.2, 0.25) is 0 Å². The fourth-order valence-electron chi connectivity index (χ4n) is 0.829. The van der Waals surface area contributed by atoms with Crippen molar-refractivity contribution in [3.8, 4) is 5.75 Å². The van der Waals surface area contributed by atoms with Gasteiger partial charge in [0.05, 0.1) is 13.3 Å². The molecule has 1 rings (SSSR count). The Balaban J connectivity index is 3.00. The molecule has 0 aliphatic carbocycles. The molecule has 66 valence electrons. The highest BCUT2D eigenvalue weighted by molar-refractivity contribution is 5.15. The minimum Gasteiger partial charge on any atom is -0.495 e. The number of nitrogens with zero attached hydrogens (tertiary/aromatic N) is 1. The van der Waals surface area contributed by atoms with E-state index < -0.39 is 0 Å². The van der Waals surface area contributed by atoms with Gasteiger partial charge in [-0.05, 0) is 19.1 Å². The van der Waals surface area contributed by atoms with Crippen LogP contribution >= 0.6 is 0 Å². The summed E-state index contributed by atoms with van der Waals surface area (Å²) in [7, 11) is 1.58. The molecular weight excluding hydrogens is 156 g/mol. The smallest absolute Gasteiger partial charge is 0.161 e. The lowest BCUT2D eigenvalue weighted by Crippen LogP contribution is -2.25. The summed E-state index contributed by atoms with van der Waals surface area (Å²) in [5, 5.41) is 7.43. The fraction of sp³-hybridized carbons (Fsp3) is 0.375. The van der Waals surface area contributed by atoms with Crippen LogP contribution in [0.5, 0.6) is 5.75 Å². The first-order valence-corrected chi connectivity index (χ1v) is 3.72. The predicted molar refractivity (Wildman–Crippen MR) is 44.0 cm³/mol. The van der Waals surface area contributed by atoms with Gasteiger partial charge in [-0.3, -0.25) is 5.41 Å². The van der Waals surface area contributed by atoms with Gasteiger partial charge in [-0.2, -0.15) is 4.73 Å². The van der Waals surface area contributed by atoms with Crippen LogP contribution in [-0.2, 0) is 0 Å². The SMILES string of the molecule is CCOn1cc(OC)ccc1=N. The minimum absolute atomic E-state index is 0.303. The summed E-state index contributed by atoms with van der Waals surface area (Å²) in [5.74, 6) is 0.680. The second-order valence-corrected chi connectivity index (χ2v) is 2.20. The lowest BCUT2D eigenvalue weighted by Gasteiger charge is -2.07. The van der Waals surface area contributed by atoms with Crippen LogP contribution in [-0.4, -0.2) is 18.4 Å². The molecule has 1 heterocycles. The van der Waals surface area contributed by atoms with Crippen LogP contribution in [0.2, 0.25) is 0 Å². The van der Waals surface area contributed by atoms with Crippen LogP contribution in [0.15, 0.2) is 18.3 Å². The number of ether oxygens (including phenoxy) is 1. The molecule has 1 aromatic rings. The highest BCUT2D eigenvalue weighted by atomic mass is 16.7. The van der Waals surface area contributed by atoms with Crippen molar-refractivity contribution in [2.45, 2.75) is 6.92 Å². The summed E-state index contributed by atoms with van der Waals surface area (Å²) >= 11 is 0. The van der Waals surface area contributed by atoms with E-state index in [2.05, 4.69) is 0 Å². The number of hydrogen-bond donors (Lipinski definition) is 1. The summed E-state index contributed by atoms with van der Waals surface area (Å²) in [4.78, 5) is 5.13. The van der Waals surface area contributed by atoms with E-state index in [1.165, 1.54) is 4.73 Å². The van der Waals surface area contributed by atoms with Gasteiger partial charge in [-0.1, -0.05) is 0 Å². The molecule has 1 aromatic heterocycles. The Kier molecular flexibility index (Phi) is 2.74. The molecule has 0 amide bonds. The Morgan fingerprint density at radius 2 is 2.25 bits per heavy atom. The normalized spacial score (nSPS) is 9.50. The molecule has 12 heavy (non-hydrogen) atoms. The van der Waals surface area contributed by atoms with Gasteiger partial charge < -0.3 is 9.57 Å². The van der Waals surface area contributed by atoms with Crippen molar-refractivity contribution in [2.75, 3.05) is 13.7 Å². The van der Waals surface area contributed by atoms with Crippen molar-refractivity contribution in [2.24, 2.45) is 0 Å². The Hall–Kier alpha value is -1.45. The average molecular weight is 168 g/mol. The summed E-state index contributed by atoms with van der Waals surface area (Å²) in [6.45, 7) is 2.40. The molecule has 0 saturated carbocycles. The Bertz CT molecular complexity index is 306. The summed E-state index contributed by atoms with van der Waals surface area (Å²) in [5.41, 5.74) is 0.303. The molecule has 4 heteroatoms. The van der Waals surface area contributed by atoms with E-state index in [0.717, 1.165) is 0 Å². The van der Waals surface area contributed by atoms with E-state index in [4.69, 9.17) is 15.0 Å². The second-order valence-electron chi connectivity index (χ2n) is 2.20. The Labute approximate surface area is 70.8 Å². The highest BCUT2D eigenvalue weighted by Crippen LogP contribution is 2.03. The maximum atomic E-state index is 7.43. The number of rotatable bonds is 3. The number of pyridine rings is 1. The zero-order valence-corrected chi connectivity index (χ0v) is 7.20. The second kappa shape index (κ2) is 3.80. The van der Waals surface area contributed by atoms with Crippen LogP contribution in [0, 0.1) is 5.41 Å². The monoisotopic (exact) mass is 168 g/mol. The molecule has 0 spiro atoms. The number of nitrogens with one attached hydrogen (secondary N) is 1. The van der Waals surface area contributed by atoms with Gasteiger partial charge in [-0.15, -0.1) is 0 Å². The average Bonchev–Trinajstić information content (AvgIpc) is 2.09. The quantitative estimate of drug-likeness (QED) is 0.711. The summed E-state index contributed by atoms with van der Waals surface area (Å²) in [6, 6.07) is 3.34. The maximum absolute atomic E-state index is 7.43. The third-order valence-corrected chi connectivity index (χ3v) is 1.39. The van der Waals surface area contributed by atoms with E-state index in [9.17, 15) is 0 Å². The number of hydrogen-bond acceptors (Lipinski definition) is 3. The molecule has 0 fully saturated rings. The third-order valence-electron chi connectivity index (χ3n) is 1.39. The Morgan fingerprint density at radius 3 is 2.83 bits per heavy atom. The van der Waals surface area contributed by atoms with Crippen molar-refractivity contribution >= 4 is 0 Å². The molecular formula is C8H12N2O2. The number of methoxy groups -OCH3 is 1. The molecule has 0 unspecified atom stereocenters. The van der Waals surface area contributed by atoms with Crippen molar-refractivity contribution < 1.29 is 9.57 Å². The molecule has 0 radical (unpaired) electrons.